The molecule has 0 aromatic carbocycles. The van der Waals surface area contributed by atoms with Crippen molar-refractivity contribution >= 4 is 5.91 Å². The molecule has 0 aromatic heterocycles. The van der Waals surface area contributed by atoms with Gasteiger partial charge in [-0.1, -0.05) is 6.42 Å². The molecule has 1 amide bonds. The highest BCUT2D eigenvalue weighted by atomic mass is 16.3. The van der Waals surface area contributed by atoms with Gasteiger partial charge in [-0.2, -0.15) is 0 Å². The van der Waals surface area contributed by atoms with E-state index in [0.29, 0.717) is 0 Å². The van der Waals surface area contributed by atoms with Crippen LogP contribution in [0.1, 0.15) is 32.6 Å². The lowest BCUT2D eigenvalue weighted by Crippen LogP contribution is -2.43. The summed E-state index contributed by atoms with van der Waals surface area (Å²) < 4.78 is 0. The van der Waals surface area contributed by atoms with Crippen LogP contribution in [0.4, 0.5) is 0 Å². The SMILES string of the molecule is CC(CO)N(C)C(=O)C1CCCC(N)C1. The molecule has 3 atom stereocenters. The van der Waals surface area contributed by atoms with E-state index in [2.05, 4.69) is 0 Å². The lowest BCUT2D eigenvalue weighted by molar-refractivity contribution is -0.138. The van der Waals surface area contributed by atoms with Crippen molar-refractivity contribution in [2.24, 2.45) is 11.7 Å². The third kappa shape index (κ3) is 3.18. The topological polar surface area (TPSA) is 66.6 Å². The second-order valence-corrected chi connectivity index (χ2v) is 4.60. The van der Waals surface area contributed by atoms with Gasteiger partial charge < -0.3 is 15.7 Å². The molecular formula is C11H22N2O2. The van der Waals surface area contributed by atoms with Crippen LogP contribution in [0, 0.1) is 5.92 Å². The molecule has 0 aromatic rings. The van der Waals surface area contributed by atoms with Gasteiger partial charge in [0.15, 0.2) is 0 Å². The minimum Gasteiger partial charge on any atom is -0.394 e. The maximum Gasteiger partial charge on any atom is 0.225 e. The summed E-state index contributed by atoms with van der Waals surface area (Å²) in [6.07, 6.45) is 3.80. The van der Waals surface area contributed by atoms with Crippen molar-refractivity contribution in [2.45, 2.75) is 44.7 Å². The number of aliphatic hydroxyl groups excluding tert-OH is 1. The first-order chi connectivity index (χ1) is 7.06. The fourth-order valence-corrected chi connectivity index (χ4v) is 2.08. The Bertz CT molecular complexity index is 221. The molecule has 0 saturated heterocycles. The fraction of sp³-hybridized carbons (Fsp3) is 0.909. The number of hydrogen-bond acceptors (Lipinski definition) is 3. The summed E-state index contributed by atoms with van der Waals surface area (Å²) in [5, 5.41) is 8.99. The first-order valence-corrected chi connectivity index (χ1v) is 5.69. The van der Waals surface area contributed by atoms with Crippen molar-refractivity contribution in [3.8, 4) is 0 Å². The Morgan fingerprint density at radius 3 is 2.80 bits per heavy atom. The number of hydrogen-bond donors (Lipinski definition) is 2. The molecular weight excluding hydrogens is 192 g/mol. The quantitative estimate of drug-likeness (QED) is 0.712. The highest BCUT2D eigenvalue weighted by Gasteiger charge is 2.28. The molecule has 0 spiro atoms. The molecule has 3 unspecified atom stereocenters. The number of aliphatic hydroxyl groups is 1. The van der Waals surface area contributed by atoms with Crippen LogP contribution in [0.25, 0.3) is 0 Å². The van der Waals surface area contributed by atoms with Crippen LogP contribution in [-0.4, -0.2) is 41.7 Å². The van der Waals surface area contributed by atoms with E-state index < -0.39 is 0 Å². The highest BCUT2D eigenvalue weighted by molar-refractivity contribution is 5.79. The Labute approximate surface area is 91.4 Å². The smallest absolute Gasteiger partial charge is 0.225 e. The van der Waals surface area contributed by atoms with Crippen molar-refractivity contribution in [3.05, 3.63) is 0 Å². The van der Waals surface area contributed by atoms with Crippen LogP contribution in [-0.2, 0) is 4.79 Å². The molecule has 1 aliphatic carbocycles. The van der Waals surface area contributed by atoms with Crippen molar-refractivity contribution in [1.82, 2.24) is 4.90 Å². The molecule has 3 N–H and O–H groups in total. The molecule has 1 fully saturated rings. The van der Waals surface area contributed by atoms with Crippen molar-refractivity contribution in [2.75, 3.05) is 13.7 Å². The van der Waals surface area contributed by atoms with Gasteiger partial charge in [-0.25, -0.2) is 0 Å². The predicted molar refractivity (Wildman–Crippen MR) is 59.3 cm³/mol. The number of likely N-dealkylation sites (N-methyl/N-ethyl adjacent to an activating group) is 1. The number of carbonyl (C=O) groups is 1. The Morgan fingerprint density at radius 1 is 1.60 bits per heavy atom. The van der Waals surface area contributed by atoms with Gasteiger partial charge in [0.2, 0.25) is 5.91 Å². The predicted octanol–water partition coefficient (Wildman–Crippen LogP) is 0.343. The lowest BCUT2D eigenvalue weighted by atomic mass is 9.85. The van der Waals surface area contributed by atoms with Gasteiger partial charge in [0.25, 0.3) is 0 Å². The minimum atomic E-state index is -0.101. The third-order valence-electron chi connectivity index (χ3n) is 3.34. The molecule has 0 aliphatic heterocycles. The number of nitrogens with two attached hydrogens (primary N) is 1. The molecule has 1 aliphatic rings. The molecule has 1 saturated carbocycles. The van der Waals surface area contributed by atoms with Crippen LogP contribution < -0.4 is 5.73 Å². The van der Waals surface area contributed by atoms with Gasteiger partial charge in [0, 0.05) is 19.0 Å². The normalized spacial score (nSPS) is 28.5. The van der Waals surface area contributed by atoms with Crippen LogP contribution in [0.5, 0.6) is 0 Å². The minimum absolute atomic E-state index is 0.0149. The average Bonchev–Trinajstić information content (AvgIpc) is 2.26. The Hall–Kier alpha value is -0.610. The molecule has 4 nitrogen and oxygen atoms in total. The molecule has 88 valence electrons. The van der Waals surface area contributed by atoms with Gasteiger partial charge in [-0.05, 0) is 26.2 Å². The van der Waals surface area contributed by atoms with E-state index in [1.165, 1.54) is 0 Å². The van der Waals surface area contributed by atoms with Crippen LogP contribution in [0.15, 0.2) is 0 Å². The number of nitrogens with zero attached hydrogens (tertiary/aromatic N) is 1. The van der Waals surface area contributed by atoms with Crippen molar-refractivity contribution < 1.29 is 9.90 Å². The van der Waals surface area contributed by atoms with Crippen LogP contribution >= 0.6 is 0 Å². The Balaban J connectivity index is 2.51. The Kier molecular flexibility index (Phi) is 4.54. The number of amides is 1. The lowest BCUT2D eigenvalue weighted by Gasteiger charge is -2.31. The van der Waals surface area contributed by atoms with E-state index in [4.69, 9.17) is 10.8 Å². The van der Waals surface area contributed by atoms with E-state index in [0.717, 1.165) is 25.7 Å². The van der Waals surface area contributed by atoms with Crippen LogP contribution in [0.2, 0.25) is 0 Å². The van der Waals surface area contributed by atoms with E-state index in [-0.39, 0.29) is 30.5 Å². The molecule has 0 radical (unpaired) electrons. The molecule has 0 heterocycles. The second-order valence-electron chi connectivity index (χ2n) is 4.60. The zero-order chi connectivity index (χ0) is 11.4. The zero-order valence-electron chi connectivity index (χ0n) is 9.65. The van der Waals surface area contributed by atoms with Crippen molar-refractivity contribution in [1.29, 1.82) is 0 Å². The third-order valence-corrected chi connectivity index (χ3v) is 3.34. The van der Waals surface area contributed by atoms with Gasteiger partial charge in [-0.15, -0.1) is 0 Å². The molecule has 0 bridgehead atoms. The summed E-state index contributed by atoms with van der Waals surface area (Å²) in [6, 6.07) is 0.0705. The van der Waals surface area contributed by atoms with Gasteiger partial charge in [0.05, 0.1) is 12.6 Å². The summed E-state index contributed by atoms with van der Waals surface area (Å²) >= 11 is 0. The Morgan fingerprint density at radius 2 is 2.27 bits per heavy atom. The van der Waals surface area contributed by atoms with E-state index >= 15 is 0 Å². The first kappa shape index (κ1) is 12.5. The van der Waals surface area contributed by atoms with E-state index in [9.17, 15) is 4.79 Å². The standard InChI is InChI=1S/C11H22N2O2/c1-8(7-14)13(2)11(15)9-4-3-5-10(12)6-9/h8-10,14H,3-7,12H2,1-2H3. The summed E-state index contributed by atoms with van der Waals surface area (Å²) in [5.41, 5.74) is 5.85. The monoisotopic (exact) mass is 214 g/mol. The zero-order valence-corrected chi connectivity index (χ0v) is 9.65. The largest absolute Gasteiger partial charge is 0.394 e. The van der Waals surface area contributed by atoms with E-state index in [1.807, 2.05) is 6.92 Å². The fourth-order valence-electron chi connectivity index (χ4n) is 2.08. The second kappa shape index (κ2) is 5.47. The maximum absolute atomic E-state index is 12.0. The van der Waals surface area contributed by atoms with Crippen molar-refractivity contribution in [3.63, 3.8) is 0 Å². The molecule has 15 heavy (non-hydrogen) atoms. The summed E-state index contributed by atoms with van der Waals surface area (Å²) in [4.78, 5) is 13.6. The molecule has 1 rings (SSSR count). The first-order valence-electron chi connectivity index (χ1n) is 5.69. The summed E-state index contributed by atoms with van der Waals surface area (Å²) in [6.45, 7) is 1.86. The van der Waals surface area contributed by atoms with Gasteiger partial charge in [0.1, 0.15) is 0 Å². The van der Waals surface area contributed by atoms with E-state index in [1.54, 1.807) is 11.9 Å². The number of carbonyl (C=O) groups excluding carboxylic acids is 1. The molecule has 4 heteroatoms. The van der Waals surface area contributed by atoms with Crippen LogP contribution in [0.3, 0.4) is 0 Å². The highest BCUT2D eigenvalue weighted by Crippen LogP contribution is 2.25. The number of rotatable bonds is 3. The summed E-state index contributed by atoms with van der Waals surface area (Å²) in [5.74, 6) is 0.194. The average molecular weight is 214 g/mol. The summed E-state index contributed by atoms with van der Waals surface area (Å²) in [7, 11) is 1.75. The van der Waals surface area contributed by atoms with Gasteiger partial charge in [-0.3, -0.25) is 4.79 Å². The maximum atomic E-state index is 12.0. The van der Waals surface area contributed by atoms with Gasteiger partial charge >= 0.3 is 0 Å².